The zero-order valence-corrected chi connectivity index (χ0v) is 19.9. The molecule has 3 aromatic rings. The standard InChI is InChI=1S/C25H20IN5/c1-13-9-17(16(4)31(13)19-7-5-18(26)6-8-19)10-20-14(2)21(11-27)24-23(20)15(3)22(12-28)25(29)30-24/h5-10H,1-4H3,(H2,29,30)/b20-10+. The zero-order chi connectivity index (χ0) is 22.4. The fraction of sp³-hybridized carbons (Fsp3) is 0.160. The fourth-order valence-electron chi connectivity index (χ4n) is 4.27. The van der Waals surface area contributed by atoms with Gasteiger partial charge in [0.25, 0.3) is 0 Å². The highest BCUT2D eigenvalue weighted by atomic mass is 127. The van der Waals surface area contributed by atoms with Gasteiger partial charge in [0.05, 0.1) is 16.8 Å². The molecule has 6 heteroatoms. The fourth-order valence-corrected chi connectivity index (χ4v) is 4.63. The van der Waals surface area contributed by atoms with Crippen LogP contribution in [0.3, 0.4) is 0 Å². The topological polar surface area (TPSA) is 91.4 Å². The first kappa shape index (κ1) is 20.9. The number of nitrogen functional groups attached to an aromatic ring is 1. The first-order chi connectivity index (χ1) is 14.8. The van der Waals surface area contributed by atoms with Crippen molar-refractivity contribution in [3.63, 3.8) is 0 Å². The summed E-state index contributed by atoms with van der Waals surface area (Å²) < 4.78 is 3.41. The molecule has 0 bridgehead atoms. The highest BCUT2D eigenvalue weighted by molar-refractivity contribution is 14.1. The summed E-state index contributed by atoms with van der Waals surface area (Å²) in [6.45, 7) is 7.96. The molecular formula is C25H20IN5. The second-order valence-electron chi connectivity index (χ2n) is 7.64. The van der Waals surface area contributed by atoms with E-state index in [-0.39, 0.29) is 5.82 Å². The molecule has 152 valence electrons. The molecule has 4 rings (SSSR count). The molecule has 0 saturated carbocycles. The molecule has 1 aliphatic carbocycles. The van der Waals surface area contributed by atoms with E-state index >= 15 is 0 Å². The molecule has 0 aliphatic heterocycles. The lowest BCUT2D eigenvalue weighted by Crippen LogP contribution is -2.03. The van der Waals surface area contributed by atoms with Crippen LogP contribution in [0.2, 0.25) is 0 Å². The normalized spacial score (nSPS) is 14.0. The van der Waals surface area contributed by atoms with Gasteiger partial charge in [-0.2, -0.15) is 10.5 Å². The number of anilines is 1. The van der Waals surface area contributed by atoms with Gasteiger partial charge in [0.1, 0.15) is 18.0 Å². The summed E-state index contributed by atoms with van der Waals surface area (Å²) >= 11 is 2.30. The highest BCUT2D eigenvalue weighted by Gasteiger charge is 2.30. The van der Waals surface area contributed by atoms with E-state index in [4.69, 9.17) is 5.73 Å². The van der Waals surface area contributed by atoms with E-state index in [1.54, 1.807) is 0 Å². The lowest BCUT2D eigenvalue weighted by atomic mass is 9.95. The first-order valence-corrected chi connectivity index (χ1v) is 10.8. The Labute approximate surface area is 195 Å². The number of nitrogens with zero attached hydrogens (tertiary/aromatic N) is 4. The number of nitrogens with two attached hydrogens (primary N) is 1. The minimum absolute atomic E-state index is 0.164. The molecule has 0 unspecified atom stereocenters. The van der Waals surface area contributed by atoms with Gasteiger partial charge >= 0.3 is 0 Å². The van der Waals surface area contributed by atoms with E-state index in [9.17, 15) is 10.5 Å². The number of halogens is 1. The summed E-state index contributed by atoms with van der Waals surface area (Å²) in [7, 11) is 0. The van der Waals surface area contributed by atoms with Crippen LogP contribution >= 0.6 is 22.6 Å². The van der Waals surface area contributed by atoms with Gasteiger partial charge in [-0.3, -0.25) is 0 Å². The maximum absolute atomic E-state index is 9.76. The molecule has 1 aliphatic rings. The zero-order valence-electron chi connectivity index (χ0n) is 17.7. The summed E-state index contributed by atoms with van der Waals surface area (Å²) in [5.41, 5.74) is 15.2. The van der Waals surface area contributed by atoms with E-state index in [1.165, 1.54) is 3.57 Å². The molecule has 0 saturated heterocycles. The Kier molecular flexibility index (Phi) is 5.20. The molecule has 0 atom stereocenters. The number of fused-ring (bicyclic) bond motifs is 1. The van der Waals surface area contributed by atoms with Gasteiger partial charge in [0.2, 0.25) is 0 Å². The summed E-state index contributed by atoms with van der Waals surface area (Å²) in [6.07, 6.45) is 2.09. The number of benzene rings is 1. The summed E-state index contributed by atoms with van der Waals surface area (Å²) in [5.74, 6) is 0.164. The Bertz CT molecular complexity index is 1390. The minimum atomic E-state index is 0.164. The van der Waals surface area contributed by atoms with Crippen LogP contribution in [0.4, 0.5) is 5.82 Å². The van der Waals surface area contributed by atoms with Crippen LogP contribution in [0.1, 0.15) is 46.3 Å². The monoisotopic (exact) mass is 517 g/mol. The number of rotatable bonds is 2. The van der Waals surface area contributed by atoms with E-state index in [1.807, 2.05) is 13.8 Å². The van der Waals surface area contributed by atoms with Crippen molar-refractivity contribution in [3.8, 4) is 17.8 Å². The van der Waals surface area contributed by atoms with Gasteiger partial charge in [0, 0.05) is 26.2 Å². The van der Waals surface area contributed by atoms with Crippen molar-refractivity contribution in [1.82, 2.24) is 9.55 Å². The van der Waals surface area contributed by atoms with Gasteiger partial charge in [0.15, 0.2) is 0 Å². The molecule has 5 nitrogen and oxygen atoms in total. The third-order valence-electron chi connectivity index (χ3n) is 5.84. The van der Waals surface area contributed by atoms with Crippen LogP contribution in [0, 0.1) is 47.0 Å². The van der Waals surface area contributed by atoms with Crippen molar-refractivity contribution in [2.45, 2.75) is 27.7 Å². The average molecular weight is 517 g/mol. The molecule has 2 aromatic heterocycles. The van der Waals surface area contributed by atoms with Gasteiger partial charge in [-0.25, -0.2) is 4.98 Å². The molecule has 31 heavy (non-hydrogen) atoms. The number of nitriles is 2. The van der Waals surface area contributed by atoms with E-state index in [2.05, 4.69) is 94.5 Å². The van der Waals surface area contributed by atoms with Gasteiger partial charge in [-0.1, -0.05) is 0 Å². The number of pyridine rings is 1. The van der Waals surface area contributed by atoms with Crippen LogP contribution < -0.4 is 5.73 Å². The summed E-state index contributed by atoms with van der Waals surface area (Å²) in [5, 5.41) is 19.3. The predicted molar refractivity (Wildman–Crippen MR) is 132 cm³/mol. The van der Waals surface area contributed by atoms with Crippen molar-refractivity contribution >= 4 is 45.6 Å². The molecule has 2 N–H and O–H groups in total. The van der Waals surface area contributed by atoms with Gasteiger partial charge in [-0.05, 0) is 109 Å². The van der Waals surface area contributed by atoms with Gasteiger partial charge in [-0.15, -0.1) is 0 Å². The van der Waals surface area contributed by atoms with Crippen molar-refractivity contribution in [3.05, 3.63) is 78.8 Å². The average Bonchev–Trinajstić information content (AvgIpc) is 3.16. The summed E-state index contributed by atoms with van der Waals surface area (Å²) in [6, 6.07) is 15.0. The van der Waals surface area contributed by atoms with Crippen LogP contribution in [0.25, 0.3) is 22.9 Å². The van der Waals surface area contributed by atoms with Crippen molar-refractivity contribution < 1.29 is 0 Å². The lowest BCUT2D eigenvalue weighted by molar-refractivity contribution is 0.964. The minimum Gasteiger partial charge on any atom is -0.383 e. The van der Waals surface area contributed by atoms with E-state index in [0.717, 1.165) is 44.9 Å². The molecule has 1 aromatic carbocycles. The number of hydrogen-bond acceptors (Lipinski definition) is 4. The third kappa shape index (κ3) is 3.24. The van der Waals surface area contributed by atoms with Crippen molar-refractivity contribution in [1.29, 1.82) is 10.5 Å². The Morgan fingerprint density at radius 3 is 2.35 bits per heavy atom. The smallest absolute Gasteiger partial charge is 0.142 e. The highest BCUT2D eigenvalue weighted by Crippen LogP contribution is 2.44. The number of aromatic nitrogens is 2. The van der Waals surface area contributed by atoms with Crippen LogP contribution in [-0.4, -0.2) is 9.55 Å². The van der Waals surface area contributed by atoms with Gasteiger partial charge < -0.3 is 10.3 Å². The third-order valence-corrected chi connectivity index (χ3v) is 6.56. The van der Waals surface area contributed by atoms with E-state index in [0.29, 0.717) is 16.8 Å². The number of allylic oxidation sites excluding steroid dienone is 3. The van der Waals surface area contributed by atoms with Crippen LogP contribution in [0.15, 0.2) is 35.9 Å². The van der Waals surface area contributed by atoms with Crippen molar-refractivity contribution in [2.24, 2.45) is 0 Å². The molecule has 0 radical (unpaired) electrons. The number of hydrogen-bond donors (Lipinski definition) is 1. The second kappa shape index (κ2) is 7.72. The predicted octanol–water partition coefficient (Wildman–Crippen LogP) is 5.71. The maximum Gasteiger partial charge on any atom is 0.142 e. The molecular weight excluding hydrogens is 497 g/mol. The quantitative estimate of drug-likeness (QED) is 0.441. The SMILES string of the molecule is CC1=C(C#N)c2nc(N)c(C#N)c(C)c2/C1=C/c1cc(C)n(-c2ccc(I)cc2)c1C. The molecule has 0 fully saturated rings. The molecule has 0 spiro atoms. The maximum atomic E-state index is 9.76. The Hall–Kier alpha value is -3.36. The number of aryl methyl sites for hydroxylation is 1. The molecule has 0 amide bonds. The largest absolute Gasteiger partial charge is 0.383 e. The summed E-state index contributed by atoms with van der Waals surface area (Å²) in [4.78, 5) is 4.41. The van der Waals surface area contributed by atoms with E-state index < -0.39 is 0 Å². The lowest BCUT2D eigenvalue weighted by Gasteiger charge is -2.12. The van der Waals surface area contributed by atoms with Crippen LogP contribution in [-0.2, 0) is 0 Å². The Balaban J connectivity index is 1.95. The van der Waals surface area contributed by atoms with Crippen LogP contribution in [0.5, 0.6) is 0 Å². The van der Waals surface area contributed by atoms with Crippen molar-refractivity contribution in [2.75, 3.05) is 5.73 Å². The second-order valence-corrected chi connectivity index (χ2v) is 8.89. The first-order valence-electron chi connectivity index (χ1n) is 9.77. The Morgan fingerprint density at radius 2 is 1.74 bits per heavy atom. The molecule has 2 heterocycles. The Morgan fingerprint density at radius 1 is 1.06 bits per heavy atom.